The second kappa shape index (κ2) is 5.36. The molecule has 0 saturated carbocycles. The Morgan fingerprint density at radius 3 is 2.47 bits per heavy atom. The molecule has 1 aromatic carbocycles. The van der Waals surface area contributed by atoms with Crippen LogP contribution in [0.5, 0.6) is 0 Å². The van der Waals surface area contributed by atoms with Crippen LogP contribution in [0.4, 0.5) is 0 Å². The molecule has 0 heterocycles. The summed E-state index contributed by atoms with van der Waals surface area (Å²) >= 11 is 0. The Morgan fingerprint density at radius 2 is 1.95 bits per heavy atom. The molecule has 0 aromatic heterocycles. The lowest BCUT2D eigenvalue weighted by atomic mass is 9.82. The molecule has 0 spiro atoms. The van der Waals surface area contributed by atoms with Crippen LogP contribution < -0.4 is 0 Å². The molecule has 0 amide bonds. The van der Waals surface area contributed by atoms with Crippen molar-refractivity contribution in [2.45, 2.75) is 52.9 Å². The minimum absolute atomic E-state index is 0.216. The van der Waals surface area contributed by atoms with Crippen LogP contribution in [0.2, 0.25) is 0 Å². The van der Waals surface area contributed by atoms with E-state index >= 15 is 0 Å². The number of allylic oxidation sites excluding steroid dienone is 4. The van der Waals surface area contributed by atoms with Crippen LogP contribution in [0.3, 0.4) is 0 Å². The van der Waals surface area contributed by atoms with Gasteiger partial charge in [0.1, 0.15) is 0 Å². The molecule has 1 aromatic rings. The molecule has 0 saturated heterocycles. The van der Waals surface area contributed by atoms with Gasteiger partial charge in [0.25, 0.3) is 0 Å². The van der Waals surface area contributed by atoms with Gasteiger partial charge in [-0.1, -0.05) is 71.0 Å². The van der Waals surface area contributed by atoms with Crippen LogP contribution in [0.1, 0.15) is 57.7 Å². The van der Waals surface area contributed by atoms with Gasteiger partial charge >= 0.3 is 0 Å². The van der Waals surface area contributed by atoms with Crippen LogP contribution in [-0.2, 0) is 11.8 Å². The maximum Gasteiger partial charge on any atom is -0.0132 e. The lowest BCUT2D eigenvalue weighted by Crippen LogP contribution is -2.12. The molecule has 1 aliphatic rings. The van der Waals surface area contributed by atoms with Gasteiger partial charge in [0.05, 0.1) is 0 Å². The molecular weight excluding hydrogens is 228 g/mol. The summed E-state index contributed by atoms with van der Waals surface area (Å²) < 4.78 is 0. The fourth-order valence-corrected chi connectivity index (χ4v) is 2.55. The first-order valence-electron chi connectivity index (χ1n) is 7.44. The largest absolute Gasteiger partial charge is 0.0808 e. The first-order valence-corrected chi connectivity index (χ1v) is 7.44. The van der Waals surface area contributed by atoms with Crippen molar-refractivity contribution in [1.29, 1.82) is 0 Å². The molecule has 2 rings (SSSR count). The fraction of sp³-hybridized carbons (Fsp3) is 0.474. The van der Waals surface area contributed by atoms with Gasteiger partial charge in [0, 0.05) is 0 Å². The Bertz CT molecular complexity index is 509. The Morgan fingerprint density at radius 1 is 1.21 bits per heavy atom. The predicted octanol–water partition coefficient (Wildman–Crippen LogP) is 5.53. The van der Waals surface area contributed by atoms with E-state index < -0.39 is 0 Å². The lowest BCUT2D eigenvalue weighted by Gasteiger charge is -2.22. The van der Waals surface area contributed by atoms with E-state index in [-0.39, 0.29) is 5.41 Å². The summed E-state index contributed by atoms with van der Waals surface area (Å²) in [6.07, 6.45) is 9.29. The number of hydrogen-bond acceptors (Lipinski definition) is 0. The Hall–Kier alpha value is -1.30. The highest BCUT2D eigenvalue weighted by Gasteiger charge is 2.16. The molecule has 0 heteroatoms. The van der Waals surface area contributed by atoms with E-state index in [2.05, 4.69) is 71.0 Å². The van der Waals surface area contributed by atoms with Crippen LogP contribution in [0.15, 0.2) is 36.4 Å². The highest BCUT2D eigenvalue weighted by molar-refractivity contribution is 5.77. The summed E-state index contributed by atoms with van der Waals surface area (Å²) in [5, 5.41) is 0. The van der Waals surface area contributed by atoms with Gasteiger partial charge in [-0.3, -0.25) is 0 Å². The van der Waals surface area contributed by atoms with Crippen LogP contribution in [-0.4, -0.2) is 0 Å². The van der Waals surface area contributed by atoms with Crippen molar-refractivity contribution >= 4 is 5.57 Å². The summed E-state index contributed by atoms with van der Waals surface area (Å²) in [5.74, 6) is 0.680. The van der Waals surface area contributed by atoms with Gasteiger partial charge < -0.3 is 0 Å². The maximum atomic E-state index is 2.39. The maximum absolute atomic E-state index is 2.39. The predicted molar refractivity (Wildman–Crippen MR) is 85.4 cm³/mol. The standard InChI is InChI=1S/C19H26/c1-6-15-11-12-17(19(3,4)5)13-18(15)16-9-7-14(2)8-10-16/h7,9-14H,6,8H2,1-5H3. The van der Waals surface area contributed by atoms with Gasteiger partial charge in [-0.25, -0.2) is 0 Å². The zero-order valence-electron chi connectivity index (χ0n) is 13.0. The molecule has 0 radical (unpaired) electrons. The lowest BCUT2D eigenvalue weighted by molar-refractivity contribution is 0.589. The first-order chi connectivity index (χ1) is 8.91. The summed E-state index contributed by atoms with van der Waals surface area (Å²) in [6.45, 7) is 11.4. The summed E-state index contributed by atoms with van der Waals surface area (Å²) in [7, 11) is 0. The van der Waals surface area contributed by atoms with Gasteiger partial charge in [-0.2, -0.15) is 0 Å². The van der Waals surface area contributed by atoms with E-state index in [9.17, 15) is 0 Å². The highest BCUT2D eigenvalue weighted by Crippen LogP contribution is 2.31. The third-order valence-electron chi connectivity index (χ3n) is 3.98. The third kappa shape index (κ3) is 3.18. The summed E-state index contributed by atoms with van der Waals surface area (Å²) in [4.78, 5) is 0. The Kier molecular flexibility index (Phi) is 3.99. The van der Waals surface area contributed by atoms with Crippen LogP contribution in [0.25, 0.3) is 5.57 Å². The van der Waals surface area contributed by atoms with E-state index in [1.54, 1.807) is 0 Å². The molecular formula is C19H26. The number of aryl methyl sites for hydroxylation is 1. The van der Waals surface area contributed by atoms with Gasteiger partial charge in [-0.05, 0) is 46.4 Å². The Labute approximate surface area is 118 Å². The normalized spacial score (nSPS) is 19.4. The van der Waals surface area contributed by atoms with E-state index in [0.29, 0.717) is 5.92 Å². The van der Waals surface area contributed by atoms with Crippen molar-refractivity contribution in [3.05, 3.63) is 53.1 Å². The van der Waals surface area contributed by atoms with E-state index in [1.165, 1.54) is 22.3 Å². The van der Waals surface area contributed by atoms with Gasteiger partial charge in [-0.15, -0.1) is 0 Å². The number of rotatable bonds is 2. The zero-order valence-corrected chi connectivity index (χ0v) is 13.0. The van der Waals surface area contributed by atoms with Crippen LogP contribution in [0, 0.1) is 5.92 Å². The van der Waals surface area contributed by atoms with E-state index in [4.69, 9.17) is 0 Å². The molecule has 0 fully saturated rings. The molecule has 0 nitrogen and oxygen atoms in total. The molecule has 102 valence electrons. The van der Waals surface area contributed by atoms with Crippen molar-refractivity contribution in [3.63, 3.8) is 0 Å². The van der Waals surface area contributed by atoms with Crippen LogP contribution >= 0.6 is 0 Å². The molecule has 0 bridgehead atoms. The second-order valence-electron chi connectivity index (χ2n) is 6.71. The molecule has 1 unspecified atom stereocenters. The molecule has 0 aliphatic heterocycles. The van der Waals surface area contributed by atoms with Crippen molar-refractivity contribution in [2.75, 3.05) is 0 Å². The van der Waals surface area contributed by atoms with Crippen molar-refractivity contribution < 1.29 is 0 Å². The number of benzene rings is 1. The van der Waals surface area contributed by atoms with Crippen molar-refractivity contribution in [2.24, 2.45) is 5.92 Å². The minimum Gasteiger partial charge on any atom is -0.0808 e. The third-order valence-corrected chi connectivity index (χ3v) is 3.98. The first kappa shape index (κ1) is 14.1. The average Bonchev–Trinajstić information content (AvgIpc) is 2.38. The smallest absolute Gasteiger partial charge is 0.0132 e. The quantitative estimate of drug-likeness (QED) is 0.651. The Balaban J connectivity index is 2.46. The number of hydrogen-bond donors (Lipinski definition) is 0. The highest BCUT2D eigenvalue weighted by atomic mass is 14.2. The molecule has 1 atom stereocenters. The van der Waals surface area contributed by atoms with E-state index in [0.717, 1.165) is 12.8 Å². The van der Waals surface area contributed by atoms with Gasteiger partial charge in [0.15, 0.2) is 0 Å². The average molecular weight is 254 g/mol. The topological polar surface area (TPSA) is 0 Å². The fourth-order valence-electron chi connectivity index (χ4n) is 2.55. The summed E-state index contributed by atoms with van der Waals surface area (Å²) in [6, 6.07) is 6.99. The van der Waals surface area contributed by atoms with Crippen molar-refractivity contribution in [1.82, 2.24) is 0 Å². The zero-order chi connectivity index (χ0) is 14.0. The monoisotopic (exact) mass is 254 g/mol. The SMILES string of the molecule is CCc1ccc(C(C)(C)C)cc1C1=CCC(C)C=C1. The summed E-state index contributed by atoms with van der Waals surface area (Å²) in [5.41, 5.74) is 5.93. The second-order valence-corrected chi connectivity index (χ2v) is 6.71. The minimum atomic E-state index is 0.216. The molecule has 1 aliphatic carbocycles. The van der Waals surface area contributed by atoms with Gasteiger partial charge in [0.2, 0.25) is 0 Å². The molecule has 0 N–H and O–H groups in total. The van der Waals surface area contributed by atoms with Crippen molar-refractivity contribution in [3.8, 4) is 0 Å². The van der Waals surface area contributed by atoms with E-state index in [1.807, 2.05) is 0 Å². The molecule has 19 heavy (non-hydrogen) atoms.